The summed E-state index contributed by atoms with van der Waals surface area (Å²) in [5, 5.41) is 12.3. The molecule has 0 aliphatic heterocycles. The number of carbonyl (C=O) groups is 1. The quantitative estimate of drug-likeness (QED) is 0.882. The number of anilines is 1. The third-order valence-corrected chi connectivity index (χ3v) is 2.49. The SMILES string of the molecule is O=C(Nc1cnn(COCC(F)(F)F)c1)c1[nH]ncc1Cl. The fourth-order valence-electron chi connectivity index (χ4n) is 1.38. The van der Waals surface area contributed by atoms with Gasteiger partial charge in [0.2, 0.25) is 0 Å². The van der Waals surface area contributed by atoms with Gasteiger partial charge in [0, 0.05) is 0 Å². The molecule has 0 bridgehead atoms. The van der Waals surface area contributed by atoms with Crippen molar-refractivity contribution in [2.24, 2.45) is 0 Å². The number of alkyl halides is 3. The number of aromatic amines is 1. The maximum Gasteiger partial charge on any atom is 0.411 e. The van der Waals surface area contributed by atoms with E-state index < -0.39 is 18.7 Å². The van der Waals surface area contributed by atoms with Crippen LogP contribution in [0.4, 0.5) is 18.9 Å². The Labute approximate surface area is 121 Å². The van der Waals surface area contributed by atoms with Crippen LogP contribution in [0.15, 0.2) is 18.6 Å². The van der Waals surface area contributed by atoms with Gasteiger partial charge in [0.15, 0.2) is 0 Å². The van der Waals surface area contributed by atoms with Crippen molar-refractivity contribution in [3.63, 3.8) is 0 Å². The third-order valence-electron chi connectivity index (χ3n) is 2.20. The van der Waals surface area contributed by atoms with Crippen molar-refractivity contribution >= 4 is 23.2 Å². The molecule has 2 aromatic rings. The molecule has 0 aliphatic rings. The fourth-order valence-corrected chi connectivity index (χ4v) is 1.55. The molecule has 0 fully saturated rings. The molecule has 0 atom stereocenters. The molecule has 0 radical (unpaired) electrons. The first-order chi connectivity index (χ1) is 9.85. The Kier molecular flexibility index (Phi) is 4.48. The van der Waals surface area contributed by atoms with E-state index in [1.165, 1.54) is 18.6 Å². The average molecular weight is 324 g/mol. The molecule has 0 aromatic carbocycles. The lowest BCUT2D eigenvalue weighted by molar-refractivity contribution is -0.182. The Morgan fingerprint density at radius 3 is 2.86 bits per heavy atom. The molecule has 0 saturated carbocycles. The van der Waals surface area contributed by atoms with Gasteiger partial charge in [-0.3, -0.25) is 9.89 Å². The molecule has 7 nitrogen and oxygen atoms in total. The predicted molar refractivity (Wildman–Crippen MR) is 65.8 cm³/mol. The first-order valence-corrected chi connectivity index (χ1v) is 5.90. The first kappa shape index (κ1) is 15.3. The van der Waals surface area contributed by atoms with Crippen LogP contribution in [0, 0.1) is 0 Å². The number of amides is 1. The summed E-state index contributed by atoms with van der Waals surface area (Å²) < 4.78 is 41.2. The Morgan fingerprint density at radius 1 is 1.48 bits per heavy atom. The number of hydrogen-bond donors (Lipinski definition) is 2. The van der Waals surface area contributed by atoms with Crippen LogP contribution >= 0.6 is 11.6 Å². The summed E-state index contributed by atoms with van der Waals surface area (Å²) in [5.74, 6) is -0.548. The molecule has 21 heavy (non-hydrogen) atoms. The van der Waals surface area contributed by atoms with E-state index in [1.54, 1.807) is 0 Å². The lowest BCUT2D eigenvalue weighted by Crippen LogP contribution is -2.18. The van der Waals surface area contributed by atoms with Crippen LogP contribution in [-0.4, -0.2) is 38.7 Å². The van der Waals surface area contributed by atoms with E-state index >= 15 is 0 Å². The van der Waals surface area contributed by atoms with E-state index in [1.807, 2.05) is 0 Å². The van der Waals surface area contributed by atoms with E-state index in [4.69, 9.17) is 11.6 Å². The van der Waals surface area contributed by atoms with E-state index in [0.717, 1.165) is 4.68 Å². The highest BCUT2D eigenvalue weighted by Crippen LogP contribution is 2.16. The van der Waals surface area contributed by atoms with Gasteiger partial charge in [-0.25, -0.2) is 4.68 Å². The van der Waals surface area contributed by atoms with Crippen LogP contribution in [0.3, 0.4) is 0 Å². The van der Waals surface area contributed by atoms with Crippen LogP contribution in [-0.2, 0) is 11.5 Å². The summed E-state index contributed by atoms with van der Waals surface area (Å²) in [5.41, 5.74) is 0.346. The number of carbonyl (C=O) groups excluding carboxylic acids is 1. The molecule has 0 spiro atoms. The van der Waals surface area contributed by atoms with Crippen LogP contribution in [0.1, 0.15) is 10.5 Å². The highest BCUT2D eigenvalue weighted by atomic mass is 35.5. The molecule has 2 heterocycles. The molecule has 11 heteroatoms. The third kappa shape index (κ3) is 4.46. The van der Waals surface area contributed by atoms with Gasteiger partial charge in [0.05, 0.1) is 29.3 Å². The van der Waals surface area contributed by atoms with Gasteiger partial charge in [0.25, 0.3) is 5.91 Å². The largest absolute Gasteiger partial charge is 0.411 e. The van der Waals surface area contributed by atoms with E-state index in [2.05, 4.69) is 25.3 Å². The van der Waals surface area contributed by atoms with Crippen molar-refractivity contribution in [3.05, 3.63) is 29.3 Å². The second-order valence-electron chi connectivity index (χ2n) is 3.91. The molecule has 1 amide bonds. The van der Waals surface area contributed by atoms with Crippen LogP contribution in [0.5, 0.6) is 0 Å². The van der Waals surface area contributed by atoms with Crippen molar-refractivity contribution in [1.29, 1.82) is 0 Å². The molecule has 2 N–H and O–H groups in total. The van der Waals surface area contributed by atoms with E-state index in [9.17, 15) is 18.0 Å². The second-order valence-corrected chi connectivity index (χ2v) is 4.32. The number of halogens is 4. The van der Waals surface area contributed by atoms with Gasteiger partial charge < -0.3 is 10.1 Å². The molecular weight excluding hydrogens is 315 g/mol. The summed E-state index contributed by atoms with van der Waals surface area (Å²) in [4.78, 5) is 11.8. The number of nitrogens with zero attached hydrogens (tertiary/aromatic N) is 3. The minimum absolute atomic E-state index is 0.0674. The summed E-state index contributed by atoms with van der Waals surface area (Å²) >= 11 is 5.72. The van der Waals surface area contributed by atoms with Crippen molar-refractivity contribution in [2.75, 3.05) is 11.9 Å². The number of rotatable bonds is 5. The summed E-state index contributed by atoms with van der Waals surface area (Å²) in [6.45, 7) is -1.77. The molecule has 0 saturated heterocycles. The molecule has 114 valence electrons. The highest BCUT2D eigenvalue weighted by Gasteiger charge is 2.27. The Hall–Kier alpha value is -2.07. The van der Waals surface area contributed by atoms with E-state index in [0.29, 0.717) is 0 Å². The molecule has 2 rings (SSSR count). The van der Waals surface area contributed by atoms with Gasteiger partial charge in [-0.1, -0.05) is 11.6 Å². The molecule has 0 aliphatic carbocycles. The van der Waals surface area contributed by atoms with Crippen LogP contribution < -0.4 is 5.32 Å². The van der Waals surface area contributed by atoms with Crippen molar-refractivity contribution in [3.8, 4) is 0 Å². The molecule has 2 aromatic heterocycles. The summed E-state index contributed by atoms with van der Waals surface area (Å²) in [7, 11) is 0. The topological polar surface area (TPSA) is 84.8 Å². The lowest BCUT2D eigenvalue weighted by atomic mass is 10.4. The highest BCUT2D eigenvalue weighted by molar-refractivity contribution is 6.34. The van der Waals surface area contributed by atoms with Crippen molar-refractivity contribution in [2.45, 2.75) is 12.9 Å². The monoisotopic (exact) mass is 323 g/mol. The maximum absolute atomic E-state index is 11.9. The van der Waals surface area contributed by atoms with Gasteiger partial charge in [-0.05, 0) is 0 Å². The predicted octanol–water partition coefficient (Wildman–Crippen LogP) is 2.05. The van der Waals surface area contributed by atoms with Gasteiger partial charge >= 0.3 is 6.18 Å². The van der Waals surface area contributed by atoms with Crippen molar-refractivity contribution in [1.82, 2.24) is 20.0 Å². The average Bonchev–Trinajstić information content (AvgIpc) is 2.97. The number of hydrogen-bond acceptors (Lipinski definition) is 4. The minimum atomic E-state index is -4.40. The number of nitrogens with one attached hydrogen (secondary N) is 2. The molecule has 0 unspecified atom stereocenters. The van der Waals surface area contributed by atoms with Gasteiger partial charge in [-0.15, -0.1) is 0 Å². The maximum atomic E-state index is 11.9. The smallest absolute Gasteiger partial charge is 0.350 e. The molecular formula is C10H9ClF3N5O2. The zero-order valence-corrected chi connectivity index (χ0v) is 11.1. The summed E-state index contributed by atoms with van der Waals surface area (Å²) in [6, 6.07) is 0. The Morgan fingerprint density at radius 2 is 2.24 bits per heavy atom. The number of ether oxygens (including phenoxy) is 1. The van der Waals surface area contributed by atoms with E-state index in [-0.39, 0.29) is 23.1 Å². The van der Waals surface area contributed by atoms with Crippen molar-refractivity contribution < 1.29 is 22.7 Å². The standard InChI is InChI=1S/C10H9ClF3N5O2/c11-7-2-15-18-8(7)9(20)17-6-1-16-19(3-6)5-21-4-10(12,13)14/h1-3H,4-5H2,(H,15,18)(H,17,20). The first-order valence-electron chi connectivity index (χ1n) is 5.52. The Balaban J connectivity index is 1.89. The van der Waals surface area contributed by atoms with Crippen LogP contribution in [0.25, 0.3) is 0 Å². The Bertz CT molecular complexity index is 624. The van der Waals surface area contributed by atoms with Gasteiger partial charge in [0.1, 0.15) is 19.0 Å². The lowest BCUT2D eigenvalue weighted by Gasteiger charge is -2.07. The van der Waals surface area contributed by atoms with Gasteiger partial charge in [-0.2, -0.15) is 23.4 Å². The number of H-pyrrole nitrogens is 1. The zero-order chi connectivity index (χ0) is 15.5. The minimum Gasteiger partial charge on any atom is -0.350 e. The fraction of sp³-hybridized carbons (Fsp3) is 0.300. The normalized spacial score (nSPS) is 11.6. The van der Waals surface area contributed by atoms with Crippen LogP contribution in [0.2, 0.25) is 5.02 Å². The summed E-state index contributed by atoms with van der Waals surface area (Å²) in [6.07, 6.45) is -0.551. The zero-order valence-electron chi connectivity index (χ0n) is 10.3. The second kappa shape index (κ2) is 6.14. The number of aromatic nitrogens is 4.